The molecular formula is C14H30Na4O+4. The van der Waals surface area contributed by atoms with E-state index in [0.29, 0.717) is 6.61 Å². The van der Waals surface area contributed by atoms with E-state index in [4.69, 9.17) is 5.11 Å². The van der Waals surface area contributed by atoms with Crippen molar-refractivity contribution in [1.29, 1.82) is 0 Å². The summed E-state index contributed by atoms with van der Waals surface area (Å²) in [5.74, 6) is 0. The van der Waals surface area contributed by atoms with Crippen molar-refractivity contribution < 1.29 is 123 Å². The van der Waals surface area contributed by atoms with Crippen molar-refractivity contribution in [3.05, 3.63) is 0 Å². The van der Waals surface area contributed by atoms with Gasteiger partial charge < -0.3 is 5.11 Å². The number of rotatable bonds is 12. The van der Waals surface area contributed by atoms with E-state index in [9.17, 15) is 0 Å². The van der Waals surface area contributed by atoms with E-state index in [0.717, 1.165) is 6.42 Å². The quantitative estimate of drug-likeness (QED) is 0.281. The van der Waals surface area contributed by atoms with Crippen molar-refractivity contribution in [2.24, 2.45) is 0 Å². The van der Waals surface area contributed by atoms with Crippen LogP contribution < -0.4 is 118 Å². The van der Waals surface area contributed by atoms with E-state index in [1.165, 1.54) is 70.6 Å². The fourth-order valence-corrected chi connectivity index (χ4v) is 1.95. The molecule has 92 valence electrons. The second-order valence-corrected chi connectivity index (χ2v) is 4.61. The van der Waals surface area contributed by atoms with Crippen LogP contribution in [0.25, 0.3) is 0 Å². The van der Waals surface area contributed by atoms with Gasteiger partial charge in [0.15, 0.2) is 0 Å². The Bertz CT molecular complexity index is 104. The number of hydrogen-bond acceptors (Lipinski definition) is 1. The van der Waals surface area contributed by atoms with Gasteiger partial charge >= 0.3 is 118 Å². The van der Waals surface area contributed by atoms with Crippen LogP contribution in [0.5, 0.6) is 0 Å². The topological polar surface area (TPSA) is 20.2 Å². The molecule has 0 atom stereocenters. The minimum atomic E-state index is 0. The van der Waals surface area contributed by atoms with Crippen LogP contribution in [0.2, 0.25) is 0 Å². The maximum atomic E-state index is 8.61. The van der Waals surface area contributed by atoms with E-state index in [2.05, 4.69) is 6.92 Å². The molecule has 0 fully saturated rings. The van der Waals surface area contributed by atoms with E-state index >= 15 is 0 Å². The largest absolute Gasteiger partial charge is 1.00 e. The second kappa shape index (κ2) is 33.5. The van der Waals surface area contributed by atoms with E-state index < -0.39 is 0 Å². The van der Waals surface area contributed by atoms with Gasteiger partial charge in [-0.1, -0.05) is 77.6 Å². The zero-order chi connectivity index (χ0) is 11.2. The fourth-order valence-electron chi connectivity index (χ4n) is 1.95. The summed E-state index contributed by atoms with van der Waals surface area (Å²) in [5.41, 5.74) is 0. The molecule has 1 N–H and O–H groups in total. The van der Waals surface area contributed by atoms with Gasteiger partial charge in [-0.3, -0.25) is 0 Å². The Hall–Kier alpha value is 3.96. The summed E-state index contributed by atoms with van der Waals surface area (Å²) in [6.45, 7) is 2.64. The molecule has 0 saturated carbocycles. The van der Waals surface area contributed by atoms with Gasteiger partial charge in [0.2, 0.25) is 0 Å². The van der Waals surface area contributed by atoms with Gasteiger partial charge in [0.05, 0.1) is 0 Å². The minimum absolute atomic E-state index is 0. The van der Waals surface area contributed by atoms with Crippen molar-refractivity contribution in [3.63, 3.8) is 0 Å². The molecule has 0 unspecified atom stereocenters. The van der Waals surface area contributed by atoms with Crippen LogP contribution in [0.3, 0.4) is 0 Å². The summed E-state index contributed by atoms with van der Waals surface area (Å²) < 4.78 is 0. The normalized spacial score (nSPS) is 8.53. The molecule has 0 heterocycles. The van der Waals surface area contributed by atoms with E-state index in [-0.39, 0.29) is 118 Å². The van der Waals surface area contributed by atoms with Crippen LogP contribution in [-0.4, -0.2) is 11.7 Å². The third-order valence-corrected chi connectivity index (χ3v) is 3.01. The molecule has 0 aliphatic carbocycles. The number of unbranched alkanes of at least 4 members (excludes halogenated alkanes) is 11. The van der Waals surface area contributed by atoms with Crippen molar-refractivity contribution >= 4 is 0 Å². The van der Waals surface area contributed by atoms with Crippen molar-refractivity contribution in [3.8, 4) is 0 Å². The van der Waals surface area contributed by atoms with Crippen LogP contribution in [0.1, 0.15) is 84.0 Å². The molecule has 1 nitrogen and oxygen atoms in total. The Labute approximate surface area is 210 Å². The van der Waals surface area contributed by atoms with Crippen LogP contribution in [-0.2, 0) is 0 Å². The standard InChI is InChI=1S/C14H30O.4Na/c1-2-3-4-5-6-7-8-9-10-11-12-13-14-15;;;;/h15H,2-14H2,1H3;;;;/q;4*+1. The molecule has 0 aromatic heterocycles. The monoisotopic (exact) mass is 306 g/mol. The van der Waals surface area contributed by atoms with Gasteiger partial charge in [-0.05, 0) is 6.42 Å². The molecule has 0 bridgehead atoms. The molecule has 0 saturated heterocycles. The maximum Gasteiger partial charge on any atom is 1.00 e. The summed E-state index contributed by atoms with van der Waals surface area (Å²) in [7, 11) is 0. The maximum absolute atomic E-state index is 8.61. The molecule has 0 aliphatic heterocycles. The first-order chi connectivity index (χ1) is 7.41. The Morgan fingerprint density at radius 1 is 0.474 bits per heavy atom. The fraction of sp³-hybridized carbons (Fsp3) is 1.00. The third-order valence-electron chi connectivity index (χ3n) is 3.01. The van der Waals surface area contributed by atoms with Crippen molar-refractivity contribution in [2.45, 2.75) is 84.0 Å². The SMILES string of the molecule is CCCCCCCCCCCCCCO.[Na+].[Na+].[Na+].[Na+]. The van der Waals surface area contributed by atoms with Crippen molar-refractivity contribution in [1.82, 2.24) is 0 Å². The predicted molar refractivity (Wildman–Crippen MR) is 68.2 cm³/mol. The molecule has 0 aromatic carbocycles. The zero-order valence-corrected chi connectivity index (χ0v) is 22.6. The second-order valence-electron chi connectivity index (χ2n) is 4.61. The molecule has 19 heavy (non-hydrogen) atoms. The van der Waals surface area contributed by atoms with Crippen LogP contribution in [0.4, 0.5) is 0 Å². The average molecular weight is 306 g/mol. The smallest absolute Gasteiger partial charge is 0.396 e. The summed E-state index contributed by atoms with van der Waals surface area (Å²) in [6.07, 6.45) is 16.2. The van der Waals surface area contributed by atoms with Gasteiger partial charge in [-0.2, -0.15) is 0 Å². The summed E-state index contributed by atoms with van der Waals surface area (Å²) in [6, 6.07) is 0. The molecule has 5 heteroatoms. The molecule has 0 aliphatic rings. The molecule has 0 radical (unpaired) electrons. The molecule has 0 spiro atoms. The van der Waals surface area contributed by atoms with Gasteiger partial charge in [-0.15, -0.1) is 0 Å². The predicted octanol–water partition coefficient (Wildman–Crippen LogP) is -7.30. The van der Waals surface area contributed by atoms with Gasteiger partial charge in [0.25, 0.3) is 0 Å². The van der Waals surface area contributed by atoms with E-state index in [1.807, 2.05) is 0 Å². The Morgan fingerprint density at radius 2 is 0.737 bits per heavy atom. The van der Waals surface area contributed by atoms with Crippen molar-refractivity contribution in [2.75, 3.05) is 6.61 Å². The van der Waals surface area contributed by atoms with Gasteiger partial charge in [0.1, 0.15) is 0 Å². The summed E-state index contributed by atoms with van der Waals surface area (Å²) >= 11 is 0. The summed E-state index contributed by atoms with van der Waals surface area (Å²) in [5, 5.41) is 8.61. The molecule has 0 rings (SSSR count). The molecule has 0 amide bonds. The number of hydrogen-bond donors (Lipinski definition) is 1. The van der Waals surface area contributed by atoms with Gasteiger partial charge in [0, 0.05) is 6.61 Å². The average Bonchev–Trinajstić information content (AvgIpc) is 2.26. The Balaban J connectivity index is -0.000000163. The third kappa shape index (κ3) is 34.3. The van der Waals surface area contributed by atoms with Crippen LogP contribution in [0, 0.1) is 0 Å². The van der Waals surface area contributed by atoms with E-state index in [1.54, 1.807) is 0 Å². The number of aliphatic hydroxyl groups excluding tert-OH is 1. The number of aliphatic hydroxyl groups is 1. The Kier molecular flexibility index (Phi) is 60.6. The molecule has 0 aromatic rings. The first kappa shape index (κ1) is 34.3. The zero-order valence-electron chi connectivity index (χ0n) is 14.6. The first-order valence-electron chi connectivity index (χ1n) is 7.02. The van der Waals surface area contributed by atoms with Crippen LogP contribution in [0.15, 0.2) is 0 Å². The van der Waals surface area contributed by atoms with Gasteiger partial charge in [-0.25, -0.2) is 0 Å². The Morgan fingerprint density at radius 3 is 1.00 bits per heavy atom. The molecular weight excluding hydrogens is 276 g/mol. The first-order valence-corrected chi connectivity index (χ1v) is 7.02. The summed E-state index contributed by atoms with van der Waals surface area (Å²) in [4.78, 5) is 0. The minimum Gasteiger partial charge on any atom is -0.396 e. The van der Waals surface area contributed by atoms with Crippen LogP contribution >= 0.6 is 0 Å².